The molecule has 0 radical (unpaired) electrons. The molecule has 0 saturated carbocycles. The maximum Gasteiger partial charge on any atom is 0.167 e. The number of phenols is 1. The molecule has 3 nitrogen and oxygen atoms in total. The van der Waals surface area contributed by atoms with Gasteiger partial charge in [-0.15, -0.1) is 12.4 Å². The van der Waals surface area contributed by atoms with Crippen molar-refractivity contribution in [3.05, 3.63) is 23.8 Å². The molecule has 0 unspecified atom stereocenters. The quantitative estimate of drug-likeness (QED) is 0.793. The molecule has 6 heteroatoms. The van der Waals surface area contributed by atoms with Crippen molar-refractivity contribution in [2.75, 3.05) is 31.1 Å². The summed E-state index contributed by atoms with van der Waals surface area (Å²) in [5.41, 5.74) is 0.260. The van der Waals surface area contributed by atoms with Gasteiger partial charge in [0.25, 0.3) is 0 Å². The standard InChI is InChI=1S/C10H12F2N2O.ClH/c11-7-5-8(12)10(15)6-9(7)14-3-1-13-2-4-14;/h5-6,13,15H,1-4H2;1H. The summed E-state index contributed by atoms with van der Waals surface area (Å²) in [6.45, 7) is 2.83. The summed E-state index contributed by atoms with van der Waals surface area (Å²) in [6.07, 6.45) is 0. The highest BCUT2D eigenvalue weighted by Crippen LogP contribution is 2.27. The van der Waals surface area contributed by atoms with Crippen molar-refractivity contribution in [1.29, 1.82) is 0 Å². The second kappa shape index (κ2) is 5.32. The van der Waals surface area contributed by atoms with Crippen molar-refractivity contribution in [2.45, 2.75) is 0 Å². The van der Waals surface area contributed by atoms with Gasteiger partial charge in [-0.25, -0.2) is 8.78 Å². The molecule has 1 aromatic carbocycles. The number of nitrogens with one attached hydrogen (secondary N) is 1. The van der Waals surface area contributed by atoms with Crippen LogP contribution in [0.1, 0.15) is 0 Å². The van der Waals surface area contributed by atoms with E-state index in [0.29, 0.717) is 19.2 Å². The van der Waals surface area contributed by atoms with E-state index in [1.165, 1.54) is 0 Å². The molecule has 2 rings (SSSR count). The number of nitrogens with zero attached hydrogens (tertiary/aromatic N) is 1. The number of hydrogen-bond donors (Lipinski definition) is 2. The molecule has 1 saturated heterocycles. The van der Waals surface area contributed by atoms with Gasteiger partial charge in [-0.05, 0) is 0 Å². The maximum absolute atomic E-state index is 13.4. The molecule has 1 heterocycles. The summed E-state index contributed by atoms with van der Waals surface area (Å²) in [5.74, 6) is -2.07. The van der Waals surface area contributed by atoms with Crippen LogP contribution in [0, 0.1) is 11.6 Å². The fourth-order valence-corrected chi connectivity index (χ4v) is 1.67. The van der Waals surface area contributed by atoms with Gasteiger partial charge in [0.2, 0.25) is 0 Å². The minimum absolute atomic E-state index is 0. The average Bonchev–Trinajstić information content (AvgIpc) is 2.25. The van der Waals surface area contributed by atoms with Crippen LogP contribution in [0.4, 0.5) is 14.5 Å². The van der Waals surface area contributed by atoms with Crippen LogP contribution in [0.5, 0.6) is 5.75 Å². The number of piperazine rings is 1. The Balaban J connectivity index is 0.00000128. The highest BCUT2D eigenvalue weighted by Gasteiger charge is 2.16. The van der Waals surface area contributed by atoms with E-state index in [4.69, 9.17) is 0 Å². The Morgan fingerprint density at radius 2 is 1.75 bits per heavy atom. The summed E-state index contributed by atoms with van der Waals surface area (Å²) in [4.78, 5) is 1.78. The summed E-state index contributed by atoms with van der Waals surface area (Å²) < 4.78 is 26.2. The lowest BCUT2D eigenvalue weighted by atomic mass is 10.2. The van der Waals surface area contributed by atoms with E-state index in [0.717, 1.165) is 19.2 Å². The molecule has 0 amide bonds. The summed E-state index contributed by atoms with van der Waals surface area (Å²) in [6, 6.07) is 1.85. The third-order valence-corrected chi connectivity index (χ3v) is 2.47. The topological polar surface area (TPSA) is 35.5 Å². The van der Waals surface area contributed by atoms with Crippen LogP contribution in [0.15, 0.2) is 12.1 Å². The number of phenolic OH excluding ortho intramolecular Hbond substituents is 1. The molecule has 0 aliphatic carbocycles. The number of aromatic hydroxyl groups is 1. The Bertz CT molecular complexity index is 370. The minimum atomic E-state index is -0.925. The molecule has 0 aromatic heterocycles. The smallest absolute Gasteiger partial charge is 0.167 e. The van der Waals surface area contributed by atoms with Gasteiger partial charge in [-0.1, -0.05) is 0 Å². The molecule has 1 aliphatic heterocycles. The second-order valence-electron chi connectivity index (χ2n) is 3.49. The summed E-state index contributed by atoms with van der Waals surface area (Å²) >= 11 is 0. The van der Waals surface area contributed by atoms with Gasteiger partial charge < -0.3 is 15.3 Å². The van der Waals surface area contributed by atoms with Crippen molar-refractivity contribution >= 4 is 18.1 Å². The number of halogens is 3. The van der Waals surface area contributed by atoms with Gasteiger partial charge in [0.1, 0.15) is 5.82 Å². The normalized spacial score (nSPS) is 15.8. The Kier molecular flexibility index (Phi) is 4.32. The maximum atomic E-state index is 13.4. The second-order valence-corrected chi connectivity index (χ2v) is 3.49. The van der Waals surface area contributed by atoms with E-state index in [9.17, 15) is 13.9 Å². The van der Waals surface area contributed by atoms with Crippen molar-refractivity contribution in [3.8, 4) is 5.75 Å². The van der Waals surface area contributed by atoms with Crippen LogP contribution in [0.3, 0.4) is 0 Å². The Morgan fingerprint density at radius 1 is 1.12 bits per heavy atom. The predicted octanol–water partition coefficient (Wildman–Crippen LogP) is 1.50. The molecule has 16 heavy (non-hydrogen) atoms. The Morgan fingerprint density at radius 3 is 2.38 bits per heavy atom. The van der Waals surface area contributed by atoms with Crippen molar-refractivity contribution < 1.29 is 13.9 Å². The lowest BCUT2D eigenvalue weighted by Crippen LogP contribution is -2.43. The summed E-state index contributed by atoms with van der Waals surface area (Å²) in [5, 5.41) is 12.3. The van der Waals surface area contributed by atoms with Gasteiger partial charge in [-0.2, -0.15) is 0 Å². The van der Waals surface area contributed by atoms with Crippen LogP contribution in [-0.4, -0.2) is 31.3 Å². The van der Waals surface area contributed by atoms with Gasteiger partial charge in [-0.3, -0.25) is 0 Å². The van der Waals surface area contributed by atoms with Gasteiger partial charge in [0, 0.05) is 38.3 Å². The van der Waals surface area contributed by atoms with E-state index >= 15 is 0 Å². The molecule has 0 atom stereocenters. The largest absolute Gasteiger partial charge is 0.505 e. The number of anilines is 1. The number of benzene rings is 1. The predicted molar refractivity (Wildman–Crippen MR) is 60.4 cm³/mol. The molecular weight excluding hydrogens is 238 g/mol. The van der Waals surface area contributed by atoms with E-state index < -0.39 is 17.4 Å². The molecule has 2 N–H and O–H groups in total. The molecule has 90 valence electrons. The Labute approximate surface area is 98.5 Å². The van der Waals surface area contributed by atoms with Crippen LogP contribution in [0.25, 0.3) is 0 Å². The fraction of sp³-hybridized carbons (Fsp3) is 0.400. The summed E-state index contributed by atoms with van der Waals surface area (Å²) in [7, 11) is 0. The zero-order valence-electron chi connectivity index (χ0n) is 8.54. The van der Waals surface area contributed by atoms with E-state index in [-0.39, 0.29) is 18.1 Å². The first-order valence-electron chi connectivity index (χ1n) is 4.82. The number of hydrogen-bond acceptors (Lipinski definition) is 3. The minimum Gasteiger partial charge on any atom is -0.505 e. The molecule has 1 fully saturated rings. The van der Waals surface area contributed by atoms with Crippen molar-refractivity contribution in [1.82, 2.24) is 5.32 Å². The van der Waals surface area contributed by atoms with E-state index in [1.54, 1.807) is 4.90 Å². The molecule has 0 spiro atoms. The van der Waals surface area contributed by atoms with Gasteiger partial charge >= 0.3 is 0 Å². The van der Waals surface area contributed by atoms with Crippen LogP contribution >= 0.6 is 12.4 Å². The lowest BCUT2D eigenvalue weighted by Gasteiger charge is -2.29. The third-order valence-electron chi connectivity index (χ3n) is 2.47. The highest BCUT2D eigenvalue weighted by molar-refractivity contribution is 5.85. The zero-order chi connectivity index (χ0) is 10.8. The van der Waals surface area contributed by atoms with E-state index in [1.807, 2.05) is 0 Å². The van der Waals surface area contributed by atoms with Crippen LogP contribution < -0.4 is 10.2 Å². The van der Waals surface area contributed by atoms with Gasteiger partial charge in [0.05, 0.1) is 5.69 Å². The lowest BCUT2D eigenvalue weighted by molar-refractivity contribution is 0.427. The number of rotatable bonds is 1. The average molecular weight is 251 g/mol. The Hall–Kier alpha value is -1.07. The first-order valence-corrected chi connectivity index (χ1v) is 4.82. The first kappa shape index (κ1) is 13.0. The zero-order valence-corrected chi connectivity index (χ0v) is 9.36. The van der Waals surface area contributed by atoms with Crippen LogP contribution in [-0.2, 0) is 0 Å². The third kappa shape index (κ3) is 2.54. The monoisotopic (exact) mass is 250 g/mol. The molecule has 0 bridgehead atoms. The van der Waals surface area contributed by atoms with E-state index in [2.05, 4.69) is 5.32 Å². The highest BCUT2D eigenvalue weighted by atomic mass is 35.5. The first-order chi connectivity index (χ1) is 7.18. The fourth-order valence-electron chi connectivity index (χ4n) is 1.67. The van der Waals surface area contributed by atoms with Crippen molar-refractivity contribution in [3.63, 3.8) is 0 Å². The molecule has 1 aromatic rings. The molecular formula is C10H13ClF2N2O. The SMILES string of the molecule is Cl.Oc1cc(N2CCNCC2)c(F)cc1F. The van der Waals surface area contributed by atoms with Crippen molar-refractivity contribution in [2.24, 2.45) is 0 Å². The van der Waals surface area contributed by atoms with Gasteiger partial charge in [0.15, 0.2) is 11.6 Å². The molecule has 1 aliphatic rings. The van der Waals surface area contributed by atoms with Crippen LogP contribution in [0.2, 0.25) is 0 Å².